The Kier molecular flexibility index (Phi) is 8.51. The molecule has 1 aliphatic rings. The fourth-order valence-electron chi connectivity index (χ4n) is 4.12. The average molecular weight is 481 g/mol. The smallest absolute Gasteiger partial charge is 0.253 e. The van der Waals surface area contributed by atoms with Gasteiger partial charge in [-0.3, -0.25) is 9.69 Å². The standard InChI is InChI=1S/C26H32N4O3S/c1-32-23-9-8-21-16-22(25(31)28-24(21)17-23)19-30(11-5-10-29-12-14-33-15-13-29)26(34)27-18-20-6-3-2-4-7-20/h2-4,6-9,16-17H,5,10-15,18-19H2,1H3,(H,27,34)(H,28,31). The first-order valence-corrected chi connectivity index (χ1v) is 12.1. The number of hydrogen-bond acceptors (Lipinski definition) is 5. The van der Waals surface area contributed by atoms with Crippen LogP contribution in [0.2, 0.25) is 0 Å². The van der Waals surface area contributed by atoms with E-state index in [9.17, 15) is 4.79 Å². The molecule has 0 unspecified atom stereocenters. The molecule has 1 aliphatic heterocycles. The number of aromatic amines is 1. The second kappa shape index (κ2) is 12.0. The molecule has 0 bridgehead atoms. The fraction of sp³-hybridized carbons (Fsp3) is 0.385. The summed E-state index contributed by atoms with van der Waals surface area (Å²) in [5.74, 6) is 0.715. The van der Waals surface area contributed by atoms with Crippen LogP contribution in [0.15, 0.2) is 59.4 Å². The normalized spacial score (nSPS) is 14.1. The molecule has 3 aromatic rings. The van der Waals surface area contributed by atoms with Gasteiger partial charge in [-0.1, -0.05) is 30.3 Å². The average Bonchev–Trinajstić information content (AvgIpc) is 2.88. The number of H-pyrrole nitrogens is 1. The number of morpholine rings is 1. The van der Waals surface area contributed by atoms with Crippen LogP contribution in [0.4, 0.5) is 0 Å². The third-order valence-corrected chi connectivity index (χ3v) is 6.47. The number of fused-ring (bicyclic) bond motifs is 1. The predicted molar refractivity (Wildman–Crippen MR) is 139 cm³/mol. The maximum atomic E-state index is 12.9. The van der Waals surface area contributed by atoms with Crippen LogP contribution in [-0.4, -0.2) is 66.4 Å². The van der Waals surface area contributed by atoms with Crippen LogP contribution in [0.5, 0.6) is 5.75 Å². The van der Waals surface area contributed by atoms with Gasteiger partial charge in [0.2, 0.25) is 0 Å². The highest BCUT2D eigenvalue weighted by Crippen LogP contribution is 2.19. The number of thiocarbonyl (C=S) groups is 1. The minimum absolute atomic E-state index is 0.107. The van der Waals surface area contributed by atoms with Crippen LogP contribution < -0.4 is 15.6 Å². The molecule has 180 valence electrons. The first kappa shape index (κ1) is 24.2. The van der Waals surface area contributed by atoms with Gasteiger partial charge in [-0.15, -0.1) is 0 Å². The van der Waals surface area contributed by atoms with E-state index in [0.717, 1.165) is 62.3 Å². The molecule has 7 nitrogen and oxygen atoms in total. The van der Waals surface area contributed by atoms with E-state index in [1.807, 2.05) is 42.5 Å². The lowest BCUT2D eigenvalue weighted by molar-refractivity contribution is 0.0367. The molecule has 0 saturated carbocycles. The zero-order valence-electron chi connectivity index (χ0n) is 19.6. The van der Waals surface area contributed by atoms with E-state index in [4.69, 9.17) is 21.7 Å². The van der Waals surface area contributed by atoms with E-state index in [0.29, 0.717) is 29.5 Å². The van der Waals surface area contributed by atoms with E-state index in [2.05, 4.69) is 32.2 Å². The van der Waals surface area contributed by atoms with Gasteiger partial charge in [0.25, 0.3) is 5.56 Å². The van der Waals surface area contributed by atoms with E-state index < -0.39 is 0 Å². The van der Waals surface area contributed by atoms with E-state index in [-0.39, 0.29) is 5.56 Å². The van der Waals surface area contributed by atoms with Crippen LogP contribution in [0.1, 0.15) is 17.5 Å². The maximum absolute atomic E-state index is 12.9. The van der Waals surface area contributed by atoms with Crippen LogP contribution in [0, 0.1) is 0 Å². The third kappa shape index (κ3) is 6.56. The van der Waals surface area contributed by atoms with Gasteiger partial charge >= 0.3 is 0 Å². The molecule has 0 aliphatic carbocycles. The molecular formula is C26H32N4O3S. The maximum Gasteiger partial charge on any atom is 0.253 e. The topological polar surface area (TPSA) is 69.8 Å². The minimum atomic E-state index is -0.107. The molecular weight excluding hydrogens is 448 g/mol. The lowest BCUT2D eigenvalue weighted by Crippen LogP contribution is -2.42. The van der Waals surface area contributed by atoms with E-state index in [1.54, 1.807) is 7.11 Å². The molecule has 34 heavy (non-hydrogen) atoms. The quantitative estimate of drug-likeness (QED) is 0.456. The number of aromatic nitrogens is 1. The van der Waals surface area contributed by atoms with Crippen molar-refractivity contribution < 1.29 is 9.47 Å². The van der Waals surface area contributed by atoms with Crippen LogP contribution >= 0.6 is 12.2 Å². The van der Waals surface area contributed by atoms with Gasteiger partial charge in [0.15, 0.2) is 5.11 Å². The predicted octanol–water partition coefficient (Wildman–Crippen LogP) is 3.14. The van der Waals surface area contributed by atoms with Gasteiger partial charge in [-0.05, 0) is 47.8 Å². The fourth-order valence-corrected chi connectivity index (χ4v) is 4.35. The monoisotopic (exact) mass is 480 g/mol. The number of rotatable bonds is 9. The molecule has 8 heteroatoms. The Hall–Kier alpha value is -2.94. The molecule has 0 amide bonds. The molecule has 2 N–H and O–H groups in total. The van der Waals surface area contributed by atoms with Gasteiger partial charge in [0, 0.05) is 44.4 Å². The van der Waals surface area contributed by atoms with Crippen molar-refractivity contribution in [3.63, 3.8) is 0 Å². The molecule has 2 heterocycles. The van der Waals surface area contributed by atoms with Crippen LogP contribution in [-0.2, 0) is 17.8 Å². The SMILES string of the molecule is COc1ccc2cc(CN(CCCN3CCOCC3)C(=S)NCc3ccccc3)c(=O)[nH]c2c1. The number of ether oxygens (including phenoxy) is 2. The largest absolute Gasteiger partial charge is 0.497 e. The molecule has 4 rings (SSSR count). The van der Waals surface area contributed by atoms with Gasteiger partial charge in [-0.2, -0.15) is 0 Å². The molecule has 2 aromatic carbocycles. The van der Waals surface area contributed by atoms with Gasteiger partial charge in [-0.25, -0.2) is 0 Å². The van der Waals surface area contributed by atoms with Crippen molar-refractivity contribution in [3.05, 3.63) is 76.1 Å². The zero-order chi connectivity index (χ0) is 23.8. The molecule has 0 atom stereocenters. The lowest BCUT2D eigenvalue weighted by Gasteiger charge is -2.29. The molecule has 0 radical (unpaired) electrons. The summed E-state index contributed by atoms with van der Waals surface area (Å²) in [7, 11) is 1.62. The summed E-state index contributed by atoms with van der Waals surface area (Å²) < 4.78 is 10.7. The highest BCUT2D eigenvalue weighted by atomic mass is 32.1. The van der Waals surface area contributed by atoms with Crippen molar-refractivity contribution >= 4 is 28.2 Å². The number of methoxy groups -OCH3 is 1. The molecule has 1 aromatic heterocycles. The summed E-state index contributed by atoms with van der Waals surface area (Å²) in [4.78, 5) is 20.4. The Morgan fingerprint density at radius 2 is 1.97 bits per heavy atom. The molecule has 1 saturated heterocycles. The Balaban J connectivity index is 1.47. The Morgan fingerprint density at radius 1 is 1.18 bits per heavy atom. The summed E-state index contributed by atoms with van der Waals surface area (Å²) in [5.41, 5.74) is 2.50. The first-order valence-electron chi connectivity index (χ1n) is 11.7. The highest BCUT2D eigenvalue weighted by molar-refractivity contribution is 7.80. The number of pyridine rings is 1. The summed E-state index contributed by atoms with van der Waals surface area (Å²) in [6.07, 6.45) is 0.954. The van der Waals surface area contributed by atoms with Crippen LogP contribution in [0.25, 0.3) is 10.9 Å². The first-order chi connectivity index (χ1) is 16.6. The molecule has 0 spiro atoms. The number of nitrogens with one attached hydrogen (secondary N) is 2. The number of hydrogen-bond donors (Lipinski definition) is 2. The van der Waals surface area contributed by atoms with Crippen molar-refractivity contribution in [3.8, 4) is 5.75 Å². The van der Waals surface area contributed by atoms with Crippen molar-refractivity contribution in [1.29, 1.82) is 0 Å². The van der Waals surface area contributed by atoms with Crippen molar-refractivity contribution in [2.24, 2.45) is 0 Å². The summed E-state index contributed by atoms with van der Waals surface area (Å²) >= 11 is 5.77. The Morgan fingerprint density at radius 3 is 2.74 bits per heavy atom. The summed E-state index contributed by atoms with van der Waals surface area (Å²) in [6.45, 7) is 6.34. The highest BCUT2D eigenvalue weighted by Gasteiger charge is 2.15. The Labute approximate surface area is 205 Å². The minimum Gasteiger partial charge on any atom is -0.497 e. The third-order valence-electron chi connectivity index (χ3n) is 6.07. The lowest BCUT2D eigenvalue weighted by atomic mass is 10.1. The number of nitrogens with zero attached hydrogens (tertiary/aromatic N) is 2. The van der Waals surface area contributed by atoms with Gasteiger partial charge in [0.1, 0.15) is 5.75 Å². The van der Waals surface area contributed by atoms with Crippen molar-refractivity contribution in [2.45, 2.75) is 19.5 Å². The summed E-state index contributed by atoms with van der Waals surface area (Å²) in [5, 5.41) is 4.99. The van der Waals surface area contributed by atoms with Crippen LogP contribution in [0.3, 0.4) is 0 Å². The zero-order valence-corrected chi connectivity index (χ0v) is 20.4. The van der Waals surface area contributed by atoms with Crippen molar-refractivity contribution in [1.82, 2.24) is 20.1 Å². The Bertz CT molecular complexity index is 1150. The van der Waals surface area contributed by atoms with Gasteiger partial charge < -0.3 is 24.7 Å². The second-order valence-corrected chi connectivity index (χ2v) is 8.84. The second-order valence-electron chi connectivity index (χ2n) is 8.45. The number of benzene rings is 2. The van der Waals surface area contributed by atoms with Gasteiger partial charge in [0.05, 0.1) is 32.4 Å². The van der Waals surface area contributed by atoms with E-state index >= 15 is 0 Å². The molecule has 1 fully saturated rings. The summed E-state index contributed by atoms with van der Waals surface area (Å²) in [6, 6.07) is 17.8. The van der Waals surface area contributed by atoms with E-state index in [1.165, 1.54) is 0 Å². The van der Waals surface area contributed by atoms with Crippen molar-refractivity contribution in [2.75, 3.05) is 46.5 Å².